The van der Waals surface area contributed by atoms with E-state index in [1.165, 1.54) is 6.07 Å². The van der Waals surface area contributed by atoms with Gasteiger partial charge >= 0.3 is 6.18 Å². The molecule has 21 heavy (non-hydrogen) atoms. The third kappa shape index (κ3) is 4.49. The van der Waals surface area contributed by atoms with Crippen LogP contribution in [-0.2, 0) is 24.1 Å². The zero-order chi connectivity index (χ0) is 15.3. The third-order valence-electron chi connectivity index (χ3n) is 3.02. The molecule has 2 aromatic carbocycles. The molecule has 5 heteroatoms. The molecule has 2 aromatic rings. The van der Waals surface area contributed by atoms with Crippen molar-refractivity contribution in [2.24, 2.45) is 0 Å². The molecule has 0 spiro atoms. The van der Waals surface area contributed by atoms with Gasteiger partial charge < -0.3 is 10.1 Å². The van der Waals surface area contributed by atoms with Gasteiger partial charge in [-0.05, 0) is 29.3 Å². The lowest BCUT2D eigenvalue weighted by Gasteiger charge is -2.11. The molecule has 0 aliphatic carbocycles. The maximum Gasteiger partial charge on any atom is 0.416 e. The first-order valence-corrected chi connectivity index (χ1v) is 6.47. The molecule has 0 amide bonds. The van der Waals surface area contributed by atoms with Crippen LogP contribution in [0, 0.1) is 0 Å². The molecule has 0 heterocycles. The van der Waals surface area contributed by atoms with Crippen molar-refractivity contribution in [2.75, 3.05) is 12.4 Å². The Balaban J connectivity index is 1.99. The van der Waals surface area contributed by atoms with Crippen LogP contribution in [0.3, 0.4) is 0 Å². The Morgan fingerprint density at radius 2 is 1.67 bits per heavy atom. The zero-order valence-electron chi connectivity index (χ0n) is 11.6. The van der Waals surface area contributed by atoms with Gasteiger partial charge in [-0.25, -0.2) is 0 Å². The van der Waals surface area contributed by atoms with Crippen molar-refractivity contribution >= 4 is 5.69 Å². The first kappa shape index (κ1) is 15.4. The number of rotatable bonds is 5. The number of halogens is 3. The molecule has 0 unspecified atom stereocenters. The fourth-order valence-corrected chi connectivity index (χ4v) is 1.93. The Morgan fingerprint density at radius 1 is 1.00 bits per heavy atom. The second-order valence-electron chi connectivity index (χ2n) is 4.68. The van der Waals surface area contributed by atoms with E-state index < -0.39 is 11.7 Å². The Labute approximate surface area is 121 Å². The van der Waals surface area contributed by atoms with Gasteiger partial charge in [-0.15, -0.1) is 0 Å². The summed E-state index contributed by atoms with van der Waals surface area (Å²) in [5, 5.41) is 2.99. The van der Waals surface area contributed by atoms with Crippen LogP contribution in [0.4, 0.5) is 18.9 Å². The van der Waals surface area contributed by atoms with E-state index in [9.17, 15) is 13.2 Å². The molecule has 0 atom stereocenters. The van der Waals surface area contributed by atoms with Crippen molar-refractivity contribution < 1.29 is 17.9 Å². The lowest BCUT2D eigenvalue weighted by Crippen LogP contribution is -2.06. The van der Waals surface area contributed by atoms with Gasteiger partial charge in [0, 0.05) is 19.3 Å². The lowest BCUT2D eigenvalue weighted by atomic mass is 10.1. The van der Waals surface area contributed by atoms with Crippen LogP contribution in [0.5, 0.6) is 0 Å². The smallest absolute Gasteiger partial charge is 0.381 e. The standard InChI is InChI=1S/C16H16F3NO/c1-21-11-13-7-5-12(6-8-13)10-20-15-4-2-3-14(9-15)16(17,18)19/h2-9,20H,10-11H2,1H3. The van der Waals surface area contributed by atoms with Crippen molar-refractivity contribution in [1.82, 2.24) is 0 Å². The predicted octanol–water partition coefficient (Wildman–Crippen LogP) is 4.46. The molecule has 0 aliphatic rings. The molecular formula is C16H16F3NO. The summed E-state index contributed by atoms with van der Waals surface area (Å²) in [5.41, 5.74) is 1.85. The first-order chi connectivity index (χ1) is 9.99. The van der Waals surface area contributed by atoms with Gasteiger partial charge in [0.05, 0.1) is 12.2 Å². The van der Waals surface area contributed by atoms with E-state index >= 15 is 0 Å². The molecular weight excluding hydrogens is 279 g/mol. The number of nitrogens with one attached hydrogen (secondary N) is 1. The van der Waals surface area contributed by atoms with Gasteiger partial charge in [0.2, 0.25) is 0 Å². The van der Waals surface area contributed by atoms with Crippen LogP contribution < -0.4 is 5.32 Å². The second-order valence-corrected chi connectivity index (χ2v) is 4.68. The van der Waals surface area contributed by atoms with E-state index in [1.807, 2.05) is 24.3 Å². The fraction of sp³-hybridized carbons (Fsp3) is 0.250. The second kappa shape index (κ2) is 6.63. The number of anilines is 1. The lowest BCUT2D eigenvalue weighted by molar-refractivity contribution is -0.137. The van der Waals surface area contributed by atoms with Crippen LogP contribution in [0.15, 0.2) is 48.5 Å². The quantitative estimate of drug-likeness (QED) is 0.879. The van der Waals surface area contributed by atoms with E-state index in [4.69, 9.17) is 4.74 Å². The Morgan fingerprint density at radius 3 is 2.29 bits per heavy atom. The number of hydrogen-bond acceptors (Lipinski definition) is 2. The first-order valence-electron chi connectivity index (χ1n) is 6.47. The molecule has 0 saturated heterocycles. The van der Waals surface area contributed by atoms with E-state index in [2.05, 4.69) is 5.32 Å². The summed E-state index contributed by atoms with van der Waals surface area (Å²) in [6.07, 6.45) is -4.32. The van der Waals surface area contributed by atoms with Crippen LogP contribution in [-0.4, -0.2) is 7.11 Å². The average molecular weight is 295 g/mol. The topological polar surface area (TPSA) is 21.3 Å². The highest BCUT2D eigenvalue weighted by Crippen LogP contribution is 2.30. The minimum absolute atomic E-state index is 0.450. The maximum absolute atomic E-state index is 12.6. The summed E-state index contributed by atoms with van der Waals surface area (Å²) in [7, 11) is 1.63. The maximum atomic E-state index is 12.6. The van der Waals surface area contributed by atoms with Crippen LogP contribution in [0.25, 0.3) is 0 Å². The van der Waals surface area contributed by atoms with Gasteiger partial charge in [-0.2, -0.15) is 13.2 Å². The van der Waals surface area contributed by atoms with Crippen LogP contribution in [0.1, 0.15) is 16.7 Å². The Bertz CT molecular complexity index is 579. The monoisotopic (exact) mass is 295 g/mol. The molecule has 2 nitrogen and oxygen atoms in total. The van der Waals surface area contributed by atoms with Gasteiger partial charge in [-0.1, -0.05) is 30.3 Å². The van der Waals surface area contributed by atoms with Crippen molar-refractivity contribution in [1.29, 1.82) is 0 Å². The molecule has 0 aliphatic heterocycles. The summed E-state index contributed by atoms with van der Waals surface area (Å²) in [6, 6.07) is 12.9. The molecule has 0 bridgehead atoms. The fourth-order valence-electron chi connectivity index (χ4n) is 1.93. The molecule has 0 aromatic heterocycles. The van der Waals surface area contributed by atoms with E-state index in [1.54, 1.807) is 13.2 Å². The Hall–Kier alpha value is -2.01. The summed E-state index contributed by atoms with van der Waals surface area (Å²) in [6.45, 7) is 1.01. The number of ether oxygens (including phenoxy) is 1. The van der Waals surface area contributed by atoms with Gasteiger partial charge in [0.15, 0.2) is 0 Å². The molecule has 0 saturated carbocycles. The van der Waals surface area contributed by atoms with Gasteiger partial charge in [0.25, 0.3) is 0 Å². The summed E-state index contributed by atoms with van der Waals surface area (Å²) in [4.78, 5) is 0. The average Bonchev–Trinajstić information content (AvgIpc) is 2.46. The van der Waals surface area contributed by atoms with Crippen molar-refractivity contribution in [3.8, 4) is 0 Å². The number of alkyl halides is 3. The third-order valence-corrected chi connectivity index (χ3v) is 3.02. The molecule has 112 valence electrons. The van der Waals surface area contributed by atoms with Crippen molar-refractivity contribution in [2.45, 2.75) is 19.3 Å². The highest BCUT2D eigenvalue weighted by molar-refractivity contribution is 5.47. The number of hydrogen-bond donors (Lipinski definition) is 1. The van der Waals surface area contributed by atoms with Crippen molar-refractivity contribution in [3.63, 3.8) is 0 Å². The molecule has 0 fully saturated rings. The summed E-state index contributed by atoms with van der Waals surface area (Å²) in [5.74, 6) is 0. The molecule has 1 N–H and O–H groups in total. The van der Waals surface area contributed by atoms with E-state index in [0.29, 0.717) is 18.8 Å². The minimum Gasteiger partial charge on any atom is -0.381 e. The predicted molar refractivity (Wildman–Crippen MR) is 75.9 cm³/mol. The largest absolute Gasteiger partial charge is 0.416 e. The highest BCUT2D eigenvalue weighted by Gasteiger charge is 2.30. The van der Waals surface area contributed by atoms with E-state index in [0.717, 1.165) is 23.3 Å². The van der Waals surface area contributed by atoms with E-state index in [-0.39, 0.29) is 0 Å². The minimum atomic E-state index is -4.32. The van der Waals surface area contributed by atoms with Crippen LogP contribution in [0.2, 0.25) is 0 Å². The zero-order valence-corrected chi connectivity index (χ0v) is 11.6. The summed E-state index contributed by atoms with van der Waals surface area (Å²) < 4.78 is 42.8. The van der Waals surface area contributed by atoms with Gasteiger partial charge in [-0.3, -0.25) is 0 Å². The molecule has 2 rings (SSSR count). The number of benzene rings is 2. The Kier molecular flexibility index (Phi) is 4.85. The molecule has 0 radical (unpaired) electrons. The van der Waals surface area contributed by atoms with Crippen molar-refractivity contribution in [3.05, 3.63) is 65.2 Å². The van der Waals surface area contributed by atoms with Gasteiger partial charge in [0.1, 0.15) is 0 Å². The highest BCUT2D eigenvalue weighted by atomic mass is 19.4. The SMILES string of the molecule is COCc1ccc(CNc2cccc(C(F)(F)F)c2)cc1. The van der Waals surface area contributed by atoms with Crippen LogP contribution >= 0.6 is 0 Å². The normalized spacial score (nSPS) is 11.4. The summed E-state index contributed by atoms with van der Waals surface area (Å²) >= 11 is 0. The number of methoxy groups -OCH3 is 1.